The van der Waals surface area contributed by atoms with E-state index < -0.39 is 0 Å². The molecular weight excluding hydrogens is 254 g/mol. The van der Waals surface area contributed by atoms with Gasteiger partial charge < -0.3 is 5.32 Å². The third-order valence-electron chi connectivity index (χ3n) is 4.13. The first-order valence-electron chi connectivity index (χ1n) is 7.69. The maximum absolute atomic E-state index is 3.74. The van der Waals surface area contributed by atoms with Gasteiger partial charge in [0.2, 0.25) is 0 Å². The first-order valence-corrected chi connectivity index (χ1v) is 7.69. The largest absolute Gasteiger partial charge is 0.310 e. The van der Waals surface area contributed by atoms with Crippen molar-refractivity contribution in [2.24, 2.45) is 0 Å². The first kappa shape index (κ1) is 16.5. The van der Waals surface area contributed by atoms with E-state index in [1.165, 1.54) is 56.1 Å². The van der Waals surface area contributed by atoms with Crippen LogP contribution in [-0.2, 0) is 13.0 Å². The average Bonchev–Trinajstić information content (AvgIpc) is 2.38. The smallest absolute Gasteiger partial charge is 0.0208 e. The fourth-order valence-electron chi connectivity index (χ4n) is 2.82. The van der Waals surface area contributed by atoms with Gasteiger partial charge in [-0.3, -0.25) is 0 Å². The highest BCUT2D eigenvalue weighted by Gasteiger charge is 2.10. The van der Waals surface area contributed by atoms with Crippen molar-refractivity contribution in [1.29, 1.82) is 0 Å². The van der Waals surface area contributed by atoms with Crippen LogP contribution in [0.4, 0.5) is 0 Å². The monoisotopic (exact) mass is 281 g/mol. The predicted octanol–water partition coefficient (Wildman–Crippen LogP) is 4.87. The Kier molecular flexibility index (Phi) is 8.16. The van der Waals surface area contributed by atoms with Crippen LogP contribution >= 0.6 is 12.4 Å². The molecule has 0 radical (unpaired) electrons. The van der Waals surface area contributed by atoms with Crippen LogP contribution in [0.3, 0.4) is 0 Å². The lowest BCUT2D eigenvalue weighted by Gasteiger charge is -2.21. The molecule has 108 valence electrons. The van der Waals surface area contributed by atoms with Crippen LogP contribution < -0.4 is 5.32 Å². The zero-order valence-corrected chi connectivity index (χ0v) is 13.0. The molecule has 0 atom stereocenters. The molecule has 0 aliphatic heterocycles. The van der Waals surface area contributed by atoms with Crippen LogP contribution in [-0.4, -0.2) is 6.04 Å². The molecule has 0 amide bonds. The zero-order chi connectivity index (χ0) is 12.6. The van der Waals surface area contributed by atoms with Crippen LogP contribution in [0.25, 0.3) is 0 Å². The Hall–Kier alpha value is -0.530. The highest BCUT2D eigenvalue weighted by Crippen LogP contribution is 2.17. The van der Waals surface area contributed by atoms with E-state index in [9.17, 15) is 0 Å². The van der Waals surface area contributed by atoms with Crippen LogP contribution in [0.5, 0.6) is 0 Å². The molecular formula is C17H28ClN. The summed E-state index contributed by atoms with van der Waals surface area (Å²) in [6.45, 7) is 3.25. The summed E-state index contributed by atoms with van der Waals surface area (Å²) in [5.41, 5.74) is 2.86. The SMILES string of the molecule is CCc1ccc(CNC2CCCCCCC2)cc1.Cl. The molecule has 1 nitrogen and oxygen atoms in total. The maximum Gasteiger partial charge on any atom is 0.0208 e. The average molecular weight is 282 g/mol. The van der Waals surface area contributed by atoms with Gasteiger partial charge in [0.1, 0.15) is 0 Å². The number of halogens is 1. The third-order valence-corrected chi connectivity index (χ3v) is 4.13. The molecule has 1 saturated carbocycles. The number of hydrogen-bond donors (Lipinski definition) is 1. The predicted molar refractivity (Wildman–Crippen MR) is 86.0 cm³/mol. The number of nitrogens with one attached hydrogen (secondary N) is 1. The molecule has 19 heavy (non-hydrogen) atoms. The van der Waals surface area contributed by atoms with Gasteiger partial charge >= 0.3 is 0 Å². The lowest BCUT2D eigenvalue weighted by atomic mass is 9.96. The lowest BCUT2D eigenvalue weighted by Crippen LogP contribution is -2.29. The summed E-state index contributed by atoms with van der Waals surface area (Å²) in [5.74, 6) is 0. The molecule has 0 bridgehead atoms. The summed E-state index contributed by atoms with van der Waals surface area (Å²) in [5, 5.41) is 3.74. The van der Waals surface area contributed by atoms with E-state index in [1.54, 1.807) is 0 Å². The van der Waals surface area contributed by atoms with Crippen molar-refractivity contribution in [2.45, 2.75) is 70.9 Å². The Morgan fingerprint density at radius 2 is 1.42 bits per heavy atom. The molecule has 0 unspecified atom stereocenters. The summed E-state index contributed by atoms with van der Waals surface area (Å²) in [6, 6.07) is 9.81. The van der Waals surface area contributed by atoms with Crippen molar-refractivity contribution in [3.63, 3.8) is 0 Å². The van der Waals surface area contributed by atoms with Crippen molar-refractivity contribution in [2.75, 3.05) is 0 Å². The number of aryl methyl sites for hydroxylation is 1. The molecule has 1 aromatic carbocycles. The highest BCUT2D eigenvalue weighted by molar-refractivity contribution is 5.85. The van der Waals surface area contributed by atoms with Gasteiger partial charge in [-0.2, -0.15) is 0 Å². The van der Waals surface area contributed by atoms with E-state index in [1.807, 2.05) is 0 Å². The van der Waals surface area contributed by atoms with Crippen molar-refractivity contribution < 1.29 is 0 Å². The fraction of sp³-hybridized carbons (Fsp3) is 0.647. The minimum atomic E-state index is 0. The number of hydrogen-bond acceptors (Lipinski definition) is 1. The van der Waals surface area contributed by atoms with Gasteiger partial charge in [0.15, 0.2) is 0 Å². The molecule has 1 aromatic rings. The molecule has 1 fully saturated rings. The van der Waals surface area contributed by atoms with E-state index in [0.717, 1.165) is 19.0 Å². The summed E-state index contributed by atoms with van der Waals surface area (Å²) in [7, 11) is 0. The molecule has 0 heterocycles. The Labute approximate surface area is 124 Å². The van der Waals surface area contributed by atoms with Gasteiger partial charge in [0.05, 0.1) is 0 Å². The summed E-state index contributed by atoms with van der Waals surface area (Å²) in [6.07, 6.45) is 11.0. The maximum atomic E-state index is 3.74. The molecule has 0 aromatic heterocycles. The normalized spacial score (nSPS) is 17.3. The standard InChI is InChI=1S/C17H27N.ClH/c1-2-15-10-12-16(13-11-15)14-18-17-8-6-4-3-5-7-9-17;/h10-13,17-18H,2-9,14H2,1H3;1H. The highest BCUT2D eigenvalue weighted by atomic mass is 35.5. The van der Waals surface area contributed by atoms with E-state index in [0.29, 0.717) is 0 Å². The Morgan fingerprint density at radius 1 is 0.895 bits per heavy atom. The first-order chi connectivity index (χ1) is 8.88. The summed E-state index contributed by atoms with van der Waals surface area (Å²) >= 11 is 0. The molecule has 2 rings (SSSR count). The van der Waals surface area contributed by atoms with E-state index in [2.05, 4.69) is 36.5 Å². The molecule has 2 heteroatoms. The second kappa shape index (κ2) is 9.39. The second-order valence-corrected chi connectivity index (χ2v) is 5.59. The molecule has 0 saturated heterocycles. The van der Waals surface area contributed by atoms with Crippen LogP contribution in [0.15, 0.2) is 24.3 Å². The quantitative estimate of drug-likeness (QED) is 0.830. The lowest BCUT2D eigenvalue weighted by molar-refractivity contribution is 0.389. The molecule has 1 N–H and O–H groups in total. The van der Waals surface area contributed by atoms with Crippen molar-refractivity contribution in [3.05, 3.63) is 35.4 Å². The second-order valence-electron chi connectivity index (χ2n) is 5.59. The Bertz CT molecular complexity index is 326. The van der Waals surface area contributed by atoms with Crippen LogP contribution in [0.2, 0.25) is 0 Å². The van der Waals surface area contributed by atoms with Crippen molar-refractivity contribution in [3.8, 4) is 0 Å². The number of benzene rings is 1. The van der Waals surface area contributed by atoms with Gasteiger partial charge in [-0.25, -0.2) is 0 Å². The molecule has 1 aliphatic carbocycles. The Balaban J connectivity index is 0.00000180. The van der Waals surface area contributed by atoms with Crippen LogP contribution in [0, 0.1) is 0 Å². The summed E-state index contributed by atoms with van der Waals surface area (Å²) in [4.78, 5) is 0. The van der Waals surface area contributed by atoms with Crippen molar-refractivity contribution in [1.82, 2.24) is 5.32 Å². The van der Waals surface area contributed by atoms with E-state index in [4.69, 9.17) is 0 Å². The van der Waals surface area contributed by atoms with Crippen LogP contribution in [0.1, 0.15) is 63.0 Å². The molecule has 1 aliphatic rings. The van der Waals surface area contributed by atoms with Gasteiger partial charge in [-0.15, -0.1) is 12.4 Å². The van der Waals surface area contributed by atoms with Crippen molar-refractivity contribution >= 4 is 12.4 Å². The number of rotatable bonds is 4. The van der Waals surface area contributed by atoms with Gasteiger partial charge in [-0.05, 0) is 30.4 Å². The minimum absolute atomic E-state index is 0. The topological polar surface area (TPSA) is 12.0 Å². The fourth-order valence-corrected chi connectivity index (χ4v) is 2.82. The zero-order valence-electron chi connectivity index (χ0n) is 12.2. The van der Waals surface area contributed by atoms with Gasteiger partial charge in [-0.1, -0.05) is 63.3 Å². The van der Waals surface area contributed by atoms with E-state index in [-0.39, 0.29) is 12.4 Å². The van der Waals surface area contributed by atoms with Gasteiger partial charge in [0.25, 0.3) is 0 Å². The third kappa shape index (κ3) is 5.97. The van der Waals surface area contributed by atoms with E-state index >= 15 is 0 Å². The van der Waals surface area contributed by atoms with Gasteiger partial charge in [0, 0.05) is 12.6 Å². The summed E-state index contributed by atoms with van der Waals surface area (Å²) < 4.78 is 0. The minimum Gasteiger partial charge on any atom is -0.310 e. The Morgan fingerprint density at radius 3 is 2.00 bits per heavy atom. The molecule has 0 spiro atoms.